The highest BCUT2D eigenvalue weighted by Crippen LogP contribution is 2.31. The van der Waals surface area contributed by atoms with E-state index in [1.807, 2.05) is 0 Å². The fourth-order valence-electron chi connectivity index (χ4n) is 2.34. The summed E-state index contributed by atoms with van der Waals surface area (Å²) in [6.07, 6.45) is 0. The summed E-state index contributed by atoms with van der Waals surface area (Å²) in [5, 5.41) is 0. The number of hydrogen-bond acceptors (Lipinski definition) is 7. The molecule has 8 nitrogen and oxygen atoms in total. The van der Waals surface area contributed by atoms with Crippen LogP contribution in [0.2, 0.25) is 0 Å². The maximum Gasteiger partial charge on any atom is 0.355 e. The number of benzene rings is 1. The maximum absolute atomic E-state index is 12.3. The van der Waals surface area contributed by atoms with Crippen LogP contribution in [0.4, 0.5) is 0 Å². The predicted octanol–water partition coefficient (Wildman–Crippen LogP) is 2.05. The number of rotatable bonds is 5. The second-order valence-electron chi connectivity index (χ2n) is 4.83. The molecule has 25 heavy (non-hydrogen) atoms. The fourth-order valence-corrected chi connectivity index (χ4v) is 2.34. The number of aromatic amines is 1. The molecule has 0 unspecified atom stereocenters. The predicted molar refractivity (Wildman–Crippen MR) is 86.8 cm³/mol. The van der Waals surface area contributed by atoms with E-state index in [9.17, 15) is 14.4 Å². The summed E-state index contributed by atoms with van der Waals surface area (Å²) in [5.41, 5.74) is 0.226. The van der Waals surface area contributed by atoms with Gasteiger partial charge in [-0.1, -0.05) is 0 Å². The molecule has 2 rings (SSSR count). The normalized spacial score (nSPS) is 10.1. The van der Waals surface area contributed by atoms with Gasteiger partial charge in [0.2, 0.25) is 0 Å². The number of esters is 3. The highest BCUT2D eigenvalue weighted by molar-refractivity contribution is 6.13. The zero-order valence-electron chi connectivity index (χ0n) is 14.2. The van der Waals surface area contributed by atoms with E-state index in [-0.39, 0.29) is 22.5 Å². The molecular weight excluding hydrogens is 330 g/mol. The lowest BCUT2D eigenvalue weighted by atomic mass is 10.0. The van der Waals surface area contributed by atoms with Gasteiger partial charge in [0.25, 0.3) is 0 Å². The first-order valence-electron chi connectivity index (χ1n) is 7.13. The number of methoxy groups -OCH3 is 4. The number of carbonyl (C=O) groups excluding carboxylic acids is 3. The molecule has 0 saturated carbocycles. The topological polar surface area (TPSA) is 104 Å². The molecule has 0 radical (unpaired) electrons. The van der Waals surface area contributed by atoms with Crippen molar-refractivity contribution >= 4 is 17.9 Å². The van der Waals surface area contributed by atoms with E-state index in [1.54, 1.807) is 24.3 Å². The summed E-state index contributed by atoms with van der Waals surface area (Å²) < 4.78 is 19.2. The van der Waals surface area contributed by atoms with Crippen molar-refractivity contribution in [3.05, 3.63) is 41.1 Å². The van der Waals surface area contributed by atoms with E-state index in [0.29, 0.717) is 11.3 Å². The number of aromatic nitrogens is 1. The van der Waals surface area contributed by atoms with Crippen molar-refractivity contribution in [3.8, 4) is 17.0 Å². The standard InChI is InChI=1S/C17H17NO7/c1-22-10-7-5-9(6-8-10)13-11(15(19)23-2)12(16(20)24-3)14(18-13)17(21)25-4/h5-8,18H,1-4H3. The number of H-pyrrole nitrogens is 1. The Hall–Kier alpha value is -3.29. The van der Waals surface area contributed by atoms with Crippen LogP contribution >= 0.6 is 0 Å². The van der Waals surface area contributed by atoms with Crippen LogP contribution in [0, 0.1) is 0 Å². The van der Waals surface area contributed by atoms with Crippen LogP contribution < -0.4 is 4.74 Å². The van der Waals surface area contributed by atoms with Crippen LogP contribution in [0.15, 0.2) is 24.3 Å². The number of nitrogens with one attached hydrogen (secondary N) is 1. The summed E-state index contributed by atoms with van der Waals surface area (Å²) in [6, 6.07) is 6.68. The van der Waals surface area contributed by atoms with Gasteiger partial charge in [0.1, 0.15) is 22.6 Å². The van der Waals surface area contributed by atoms with Crippen molar-refractivity contribution < 1.29 is 33.3 Å². The van der Waals surface area contributed by atoms with Gasteiger partial charge >= 0.3 is 17.9 Å². The quantitative estimate of drug-likeness (QED) is 0.652. The van der Waals surface area contributed by atoms with Crippen molar-refractivity contribution in [3.63, 3.8) is 0 Å². The van der Waals surface area contributed by atoms with E-state index >= 15 is 0 Å². The Morgan fingerprint density at radius 2 is 1.28 bits per heavy atom. The third kappa shape index (κ3) is 3.32. The van der Waals surface area contributed by atoms with Crippen molar-refractivity contribution in [1.29, 1.82) is 0 Å². The monoisotopic (exact) mass is 347 g/mol. The molecule has 0 spiro atoms. The van der Waals surface area contributed by atoms with E-state index in [2.05, 4.69) is 9.72 Å². The second kappa shape index (κ2) is 7.52. The van der Waals surface area contributed by atoms with Gasteiger partial charge in [-0.05, 0) is 29.8 Å². The summed E-state index contributed by atoms with van der Waals surface area (Å²) in [7, 11) is 5.00. The van der Waals surface area contributed by atoms with Gasteiger partial charge < -0.3 is 23.9 Å². The average molecular weight is 347 g/mol. The van der Waals surface area contributed by atoms with Gasteiger partial charge in [-0.3, -0.25) is 0 Å². The third-order valence-corrected chi connectivity index (χ3v) is 3.55. The van der Waals surface area contributed by atoms with Gasteiger partial charge in [-0.15, -0.1) is 0 Å². The summed E-state index contributed by atoms with van der Waals surface area (Å²) in [4.78, 5) is 39.2. The lowest BCUT2D eigenvalue weighted by molar-refractivity contribution is 0.0537. The third-order valence-electron chi connectivity index (χ3n) is 3.55. The number of ether oxygens (including phenoxy) is 4. The Morgan fingerprint density at radius 1 is 0.760 bits per heavy atom. The largest absolute Gasteiger partial charge is 0.497 e. The molecule has 1 N–H and O–H groups in total. The zero-order valence-corrected chi connectivity index (χ0v) is 14.2. The first kappa shape index (κ1) is 18.1. The van der Waals surface area contributed by atoms with Gasteiger partial charge in [0.15, 0.2) is 0 Å². The van der Waals surface area contributed by atoms with E-state index in [4.69, 9.17) is 14.2 Å². The van der Waals surface area contributed by atoms with Gasteiger partial charge in [0, 0.05) is 0 Å². The summed E-state index contributed by atoms with van der Waals surface area (Å²) in [6.45, 7) is 0. The van der Waals surface area contributed by atoms with E-state index < -0.39 is 17.9 Å². The number of hydrogen-bond donors (Lipinski definition) is 1. The Balaban J connectivity index is 2.77. The smallest absolute Gasteiger partial charge is 0.355 e. The molecule has 0 aliphatic heterocycles. The lowest BCUT2D eigenvalue weighted by Crippen LogP contribution is -2.14. The molecule has 0 fully saturated rings. The Kier molecular flexibility index (Phi) is 5.43. The summed E-state index contributed by atoms with van der Waals surface area (Å²) in [5.74, 6) is -1.86. The molecular formula is C17H17NO7. The molecule has 0 saturated heterocycles. The van der Waals surface area contributed by atoms with Crippen molar-refractivity contribution in [2.45, 2.75) is 0 Å². The van der Waals surface area contributed by atoms with Crippen molar-refractivity contribution in [2.24, 2.45) is 0 Å². The second-order valence-corrected chi connectivity index (χ2v) is 4.83. The van der Waals surface area contributed by atoms with E-state index in [1.165, 1.54) is 14.2 Å². The number of carbonyl (C=O) groups is 3. The molecule has 2 aromatic rings. The minimum absolute atomic E-state index is 0.111. The Labute approximate surface area is 143 Å². The molecule has 132 valence electrons. The van der Waals surface area contributed by atoms with Gasteiger partial charge in [-0.25, -0.2) is 14.4 Å². The first-order valence-corrected chi connectivity index (χ1v) is 7.13. The molecule has 1 aromatic carbocycles. The van der Waals surface area contributed by atoms with Crippen molar-refractivity contribution in [2.75, 3.05) is 28.4 Å². The van der Waals surface area contributed by atoms with Crippen molar-refractivity contribution in [1.82, 2.24) is 4.98 Å². The average Bonchev–Trinajstić information content (AvgIpc) is 3.06. The molecule has 0 amide bonds. The van der Waals surface area contributed by atoms with Crippen LogP contribution in [-0.2, 0) is 14.2 Å². The summed E-state index contributed by atoms with van der Waals surface area (Å²) >= 11 is 0. The minimum atomic E-state index is -0.864. The molecule has 0 aliphatic carbocycles. The highest BCUT2D eigenvalue weighted by atomic mass is 16.5. The molecule has 0 bridgehead atoms. The maximum atomic E-state index is 12.3. The molecule has 8 heteroatoms. The zero-order chi connectivity index (χ0) is 18.6. The molecule has 1 aromatic heterocycles. The van der Waals surface area contributed by atoms with Crippen LogP contribution in [0.5, 0.6) is 5.75 Å². The SMILES string of the molecule is COC(=O)c1[nH]c(-c2ccc(OC)cc2)c(C(=O)OC)c1C(=O)OC. The van der Waals surface area contributed by atoms with Crippen LogP contribution in [0.25, 0.3) is 11.3 Å². The molecule has 1 heterocycles. The Bertz CT molecular complexity index is 805. The van der Waals surface area contributed by atoms with Gasteiger partial charge in [-0.2, -0.15) is 0 Å². The van der Waals surface area contributed by atoms with E-state index in [0.717, 1.165) is 14.2 Å². The Morgan fingerprint density at radius 3 is 1.76 bits per heavy atom. The molecule has 0 aliphatic rings. The van der Waals surface area contributed by atoms with Crippen LogP contribution in [0.1, 0.15) is 31.2 Å². The highest BCUT2D eigenvalue weighted by Gasteiger charge is 2.33. The molecule has 0 atom stereocenters. The van der Waals surface area contributed by atoms with Crippen LogP contribution in [0.3, 0.4) is 0 Å². The fraction of sp³-hybridized carbons (Fsp3) is 0.235. The van der Waals surface area contributed by atoms with Crippen LogP contribution in [-0.4, -0.2) is 51.3 Å². The lowest BCUT2D eigenvalue weighted by Gasteiger charge is -2.06. The van der Waals surface area contributed by atoms with Gasteiger partial charge in [0.05, 0.1) is 34.1 Å². The minimum Gasteiger partial charge on any atom is -0.497 e. The first-order chi connectivity index (χ1) is 12.0.